The largest absolute Gasteiger partial charge is 0.387 e. The van der Waals surface area contributed by atoms with Gasteiger partial charge in [0, 0.05) is 17.9 Å². The third-order valence-corrected chi connectivity index (χ3v) is 3.07. The van der Waals surface area contributed by atoms with Crippen LogP contribution in [0.1, 0.15) is 23.1 Å². The fourth-order valence-corrected chi connectivity index (χ4v) is 2.28. The number of hydrogen-bond acceptors (Lipinski definition) is 5. The van der Waals surface area contributed by atoms with Gasteiger partial charge in [0.2, 0.25) is 5.95 Å². The Bertz CT molecular complexity index is 464. The summed E-state index contributed by atoms with van der Waals surface area (Å²) in [5.74, 6) is 0.566. The Labute approximate surface area is 104 Å². The molecule has 0 aliphatic carbocycles. The van der Waals surface area contributed by atoms with E-state index in [4.69, 9.17) is 0 Å². The average molecular weight is 249 g/mol. The third-order valence-electron chi connectivity index (χ3n) is 2.36. The Hall–Kier alpha value is -1.46. The highest BCUT2D eigenvalue weighted by Crippen LogP contribution is 2.16. The summed E-state index contributed by atoms with van der Waals surface area (Å²) in [5, 5.41) is 16.8. The fourth-order valence-electron chi connectivity index (χ4n) is 1.58. The van der Waals surface area contributed by atoms with Crippen LogP contribution in [0.25, 0.3) is 0 Å². The number of aryl methyl sites for hydroxylation is 2. The lowest BCUT2D eigenvalue weighted by Crippen LogP contribution is -2.14. The molecule has 0 fully saturated rings. The van der Waals surface area contributed by atoms with Crippen molar-refractivity contribution in [1.29, 1.82) is 0 Å². The molecule has 17 heavy (non-hydrogen) atoms. The van der Waals surface area contributed by atoms with E-state index in [0.717, 1.165) is 17.0 Å². The lowest BCUT2D eigenvalue weighted by Gasteiger charge is -2.11. The van der Waals surface area contributed by atoms with Crippen LogP contribution in [0.15, 0.2) is 22.9 Å². The standard InChI is InChI=1S/C12H15N3OS/c1-8-5-9(2)15-12(14-8)13-6-11(16)10-3-4-17-7-10/h3-5,7,11,16H,6H2,1-2H3,(H,13,14,15)/t11-/m0/s1. The molecule has 0 aliphatic heterocycles. The topological polar surface area (TPSA) is 58.0 Å². The molecule has 2 aromatic heterocycles. The molecule has 5 heteroatoms. The van der Waals surface area contributed by atoms with Crippen molar-refractivity contribution in [2.75, 3.05) is 11.9 Å². The Balaban J connectivity index is 1.98. The van der Waals surface area contributed by atoms with Crippen molar-refractivity contribution in [3.8, 4) is 0 Å². The molecule has 0 aliphatic rings. The van der Waals surface area contributed by atoms with Crippen LogP contribution in [0.5, 0.6) is 0 Å². The van der Waals surface area contributed by atoms with Crippen molar-refractivity contribution < 1.29 is 5.11 Å². The quantitative estimate of drug-likeness (QED) is 0.873. The van der Waals surface area contributed by atoms with E-state index in [1.165, 1.54) is 0 Å². The number of anilines is 1. The molecule has 2 rings (SSSR count). The molecule has 0 aromatic carbocycles. The molecule has 0 unspecified atom stereocenters. The van der Waals surface area contributed by atoms with Gasteiger partial charge in [0.1, 0.15) is 0 Å². The van der Waals surface area contributed by atoms with E-state index < -0.39 is 6.10 Å². The number of rotatable bonds is 4. The minimum atomic E-state index is -0.523. The molecule has 0 bridgehead atoms. The van der Waals surface area contributed by atoms with Crippen molar-refractivity contribution in [3.05, 3.63) is 39.8 Å². The van der Waals surface area contributed by atoms with Gasteiger partial charge >= 0.3 is 0 Å². The normalized spacial score (nSPS) is 12.4. The van der Waals surface area contributed by atoms with Crippen LogP contribution < -0.4 is 5.32 Å². The predicted octanol–water partition coefficient (Wildman–Crippen LogP) is 2.30. The van der Waals surface area contributed by atoms with E-state index in [1.54, 1.807) is 11.3 Å². The molecule has 2 aromatic rings. The SMILES string of the molecule is Cc1cc(C)nc(NC[C@H](O)c2ccsc2)n1. The average Bonchev–Trinajstić information content (AvgIpc) is 2.78. The van der Waals surface area contributed by atoms with Gasteiger partial charge in [-0.15, -0.1) is 0 Å². The lowest BCUT2D eigenvalue weighted by molar-refractivity contribution is 0.192. The minimum Gasteiger partial charge on any atom is -0.387 e. The lowest BCUT2D eigenvalue weighted by atomic mass is 10.2. The summed E-state index contributed by atoms with van der Waals surface area (Å²) in [6, 6.07) is 3.83. The van der Waals surface area contributed by atoms with Gasteiger partial charge in [0.25, 0.3) is 0 Å². The maximum absolute atomic E-state index is 9.90. The highest BCUT2D eigenvalue weighted by atomic mass is 32.1. The van der Waals surface area contributed by atoms with Crippen LogP contribution in [-0.2, 0) is 0 Å². The Morgan fingerprint density at radius 1 is 1.35 bits per heavy atom. The van der Waals surface area contributed by atoms with Gasteiger partial charge in [-0.05, 0) is 42.3 Å². The van der Waals surface area contributed by atoms with Crippen LogP contribution in [0.4, 0.5) is 5.95 Å². The van der Waals surface area contributed by atoms with Crippen LogP contribution in [-0.4, -0.2) is 21.6 Å². The summed E-state index contributed by atoms with van der Waals surface area (Å²) < 4.78 is 0. The van der Waals surface area contributed by atoms with E-state index in [-0.39, 0.29) is 0 Å². The molecular formula is C12H15N3OS. The van der Waals surface area contributed by atoms with E-state index in [1.807, 2.05) is 36.7 Å². The van der Waals surface area contributed by atoms with Crippen molar-refractivity contribution in [3.63, 3.8) is 0 Å². The van der Waals surface area contributed by atoms with Gasteiger partial charge in [-0.1, -0.05) is 0 Å². The molecule has 0 radical (unpaired) electrons. The first-order valence-corrected chi connectivity index (χ1v) is 6.36. The number of nitrogens with zero attached hydrogens (tertiary/aromatic N) is 2. The summed E-state index contributed by atoms with van der Waals surface area (Å²) >= 11 is 1.58. The van der Waals surface area contributed by atoms with Crippen LogP contribution in [0.3, 0.4) is 0 Å². The van der Waals surface area contributed by atoms with E-state index in [0.29, 0.717) is 12.5 Å². The van der Waals surface area contributed by atoms with Gasteiger partial charge in [-0.25, -0.2) is 9.97 Å². The summed E-state index contributed by atoms with van der Waals surface area (Å²) in [4.78, 5) is 8.51. The Kier molecular flexibility index (Phi) is 3.71. The molecule has 0 spiro atoms. The Morgan fingerprint density at radius 3 is 2.65 bits per heavy atom. The van der Waals surface area contributed by atoms with E-state index >= 15 is 0 Å². The number of thiophene rings is 1. The molecule has 2 heterocycles. The molecule has 2 N–H and O–H groups in total. The number of aromatic nitrogens is 2. The minimum absolute atomic E-state index is 0.416. The monoisotopic (exact) mass is 249 g/mol. The van der Waals surface area contributed by atoms with Crippen LogP contribution >= 0.6 is 11.3 Å². The second kappa shape index (κ2) is 5.25. The highest BCUT2D eigenvalue weighted by Gasteiger charge is 2.08. The zero-order valence-electron chi connectivity index (χ0n) is 9.84. The van der Waals surface area contributed by atoms with Gasteiger partial charge < -0.3 is 10.4 Å². The Morgan fingerprint density at radius 2 is 2.06 bits per heavy atom. The second-order valence-corrected chi connectivity index (χ2v) is 4.71. The molecular weight excluding hydrogens is 234 g/mol. The van der Waals surface area contributed by atoms with Crippen molar-refractivity contribution in [2.24, 2.45) is 0 Å². The smallest absolute Gasteiger partial charge is 0.223 e. The molecule has 0 amide bonds. The molecule has 0 saturated carbocycles. The zero-order valence-corrected chi connectivity index (χ0v) is 10.7. The first kappa shape index (κ1) is 12.0. The van der Waals surface area contributed by atoms with E-state index in [9.17, 15) is 5.11 Å². The predicted molar refractivity (Wildman–Crippen MR) is 69.3 cm³/mol. The molecule has 90 valence electrons. The summed E-state index contributed by atoms with van der Waals surface area (Å²) in [6.07, 6.45) is -0.523. The second-order valence-electron chi connectivity index (χ2n) is 3.93. The van der Waals surface area contributed by atoms with Crippen LogP contribution in [0.2, 0.25) is 0 Å². The number of nitrogens with one attached hydrogen (secondary N) is 1. The van der Waals surface area contributed by atoms with Crippen molar-refractivity contribution >= 4 is 17.3 Å². The van der Waals surface area contributed by atoms with Crippen molar-refractivity contribution in [1.82, 2.24) is 9.97 Å². The van der Waals surface area contributed by atoms with Crippen LogP contribution in [0, 0.1) is 13.8 Å². The number of hydrogen-bond donors (Lipinski definition) is 2. The highest BCUT2D eigenvalue weighted by molar-refractivity contribution is 7.07. The van der Waals surface area contributed by atoms with Crippen molar-refractivity contribution in [2.45, 2.75) is 20.0 Å². The number of aliphatic hydroxyl groups excluding tert-OH is 1. The number of aliphatic hydroxyl groups is 1. The zero-order chi connectivity index (χ0) is 12.3. The van der Waals surface area contributed by atoms with Gasteiger partial charge in [-0.3, -0.25) is 0 Å². The maximum atomic E-state index is 9.90. The first-order chi connectivity index (χ1) is 8.15. The molecule has 1 atom stereocenters. The van der Waals surface area contributed by atoms with Gasteiger partial charge in [0.05, 0.1) is 6.10 Å². The molecule has 0 saturated heterocycles. The fraction of sp³-hybridized carbons (Fsp3) is 0.333. The summed E-state index contributed by atoms with van der Waals surface area (Å²) in [7, 11) is 0. The summed E-state index contributed by atoms with van der Waals surface area (Å²) in [6.45, 7) is 4.27. The maximum Gasteiger partial charge on any atom is 0.223 e. The first-order valence-electron chi connectivity index (χ1n) is 5.41. The van der Waals surface area contributed by atoms with Gasteiger partial charge in [0.15, 0.2) is 0 Å². The third kappa shape index (κ3) is 3.25. The van der Waals surface area contributed by atoms with E-state index in [2.05, 4.69) is 15.3 Å². The molecule has 4 nitrogen and oxygen atoms in total. The summed E-state index contributed by atoms with van der Waals surface area (Å²) in [5.41, 5.74) is 2.77. The van der Waals surface area contributed by atoms with Gasteiger partial charge in [-0.2, -0.15) is 11.3 Å².